The van der Waals surface area contributed by atoms with Crippen molar-refractivity contribution in [3.8, 4) is 0 Å². The predicted octanol–water partition coefficient (Wildman–Crippen LogP) is 0.688. The molecule has 0 heterocycles. The largest absolute Gasteiger partial charge is 0.480 e. The molecule has 0 atom stereocenters. The molecule has 1 aromatic carbocycles. The normalized spacial score (nSPS) is 10.2. The third-order valence-corrected chi connectivity index (χ3v) is 2.18. The van der Waals surface area contributed by atoms with Crippen molar-refractivity contribution in [3.05, 3.63) is 47.4 Å². The van der Waals surface area contributed by atoms with Gasteiger partial charge in [0.15, 0.2) is 0 Å². The Hall–Kier alpha value is -2.28. The van der Waals surface area contributed by atoms with Crippen LogP contribution in [0.15, 0.2) is 41.8 Å². The summed E-state index contributed by atoms with van der Waals surface area (Å²) in [7, 11) is 0. The van der Waals surface area contributed by atoms with Crippen molar-refractivity contribution in [2.75, 3.05) is 6.54 Å². The number of carboxylic acids is 1. The Morgan fingerprint density at radius 3 is 2.42 bits per heavy atom. The van der Waals surface area contributed by atoms with Crippen molar-refractivity contribution in [1.29, 1.82) is 0 Å². The lowest BCUT2D eigenvalue weighted by molar-refractivity contribution is -0.139. The lowest BCUT2D eigenvalue weighted by Gasteiger charge is -2.20. The summed E-state index contributed by atoms with van der Waals surface area (Å²) in [4.78, 5) is 34.1. The zero-order valence-corrected chi connectivity index (χ0v) is 10.7. The minimum atomic E-state index is -1.24. The molecule has 0 bridgehead atoms. The fraction of sp³-hybridized carbons (Fsp3) is 0.0833. The number of aliphatic carboxylic acids is 1. The van der Waals surface area contributed by atoms with Gasteiger partial charge in [-0.05, 0) is 17.5 Å². The van der Waals surface area contributed by atoms with Crippen molar-refractivity contribution >= 4 is 30.4 Å². The summed E-state index contributed by atoms with van der Waals surface area (Å²) in [5, 5.41) is 10.7. The van der Waals surface area contributed by atoms with Gasteiger partial charge in [0.05, 0.1) is 0 Å². The average Bonchev–Trinajstić information content (AvgIpc) is 2.38. The molecule has 2 amide bonds. The van der Waals surface area contributed by atoms with Gasteiger partial charge >= 0.3 is 5.97 Å². The van der Waals surface area contributed by atoms with Gasteiger partial charge < -0.3 is 5.11 Å². The molecule has 0 saturated carbocycles. The highest BCUT2D eigenvalue weighted by Gasteiger charge is 2.19. The number of nitrogens with one attached hydrogen (secondary N) is 1. The Labute approximate surface area is 115 Å². The topological polar surface area (TPSA) is 86.7 Å². The van der Waals surface area contributed by atoms with Crippen LogP contribution in [0.1, 0.15) is 10.4 Å². The molecule has 0 unspecified atom stereocenters. The number of hydrazine groups is 1. The second kappa shape index (κ2) is 7.22. The third kappa shape index (κ3) is 4.84. The summed E-state index contributed by atoms with van der Waals surface area (Å²) in [5.74, 6) is -2.48. The SMILES string of the molecule is O=C(O)CN(NC(=O)C=CS)C(=O)c1ccccc1. The Morgan fingerprint density at radius 2 is 1.89 bits per heavy atom. The Kier molecular flexibility index (Phi) is 5.62. The van der Waals surface area contributed by atoms with Gasteiger partial charge in [-0.25, -0.2) is 5.01 Å². The van der Waals surface area contributed by atoms with Crippen LogP contribution in [0.3, 0.4) is 0 Å². The van der Waals surface area contributed by atoms with E-state index in [4.69, 9.17) is 5.11 Å². The highest BCUT2D eigenvalue weighted by molar-refractivity contribution is 7.83. The molecular weight excluding hydrogens is 268 g/mol. The van der Waals surface area contributed by atoms with Crippen LogP contribution >= 0.6 is 12.6 Å². The maximum atomic E-state index is 12.0. The summed E-state index contributed by atoms with van der Waals surface area (Å²) in [6.45, 7) is -0.639. The van der Waals surface area contributed by atoms with E-state index >= 15 is 0 Å². The van der Waals surface area contributed by atoms with Gasteiger partial charge in [0.2, 0.25) is 0 Å². The fourth-order valence-electron chi connectivity index (χ4n) is 1.27. The van der Waals surface area contributed by atoms with E-state index in [1.807, 2.05) is 0 Å². The number of thiol groups is 1. The minimum absolute atomic E-state index is 0.277. The Balaban J connectivity index is 2.87. The van der Waals surface area contributed by atoms with Gasteiger partial charge in [-0.15, -0.1) is 0 Å². The van der Waals surface area contributed by atoms with E-state index in [1.165, 1.54) is 17.5 Å². The zero-order valence-electron chi connectivity index (χ0n) is 9.81. The molecule has 0 aliphatic heterocycles. The molecule has 0 aliphatic rings. The highest BCUT2D eigenvalue weighted by atomic mass is 32.1. The molecule has 6 nitrogen and oxygen atoms in total. The van der Waals surface area contributed by atoms with Gasteiger partial charge in [0.25, 0.3) is 11.8 Å². The number of carboxylic acid groups (broad SMARTS) is 1. The average molecular weight is 280 g/mol. The molecule has 1 aromatic rings. The molecule has 0 fully saturated rings. The molecule has 0 saturated heterocycles. The highest BCUT2D eigenvalue weighted by Crippen LogP contribution is 2.03. The molecule has 0 aliphatic carbocycles. The van der Waals surface area contributed by atoms with E-state index in [0.29, 0.717) is 0 Å². The summed E-state index contributed by atoms with van der Waals surface area (Å²) in [6, 6.07) is 8.05. The van der Waals surface area contributed by atoms with E-state index in [9.17, 15) is 14.4 Å². The summed E-state index contributed by atoms with van der Waals surface area (Å²) < 4.78 is 0. The van der Waals surface area contributed by atoms with Crippen LogP contribution in [0.4, 0.5) is 0 Å². The number of benzene rings is 1. The molecule has 19 heavy (non-hydrogen) atoms. The van der Waals surface area contributed by atoms with Crippen LogP contribution in [0.25, 0.3) is 0 Å². The van der Waals surface area contributed by atoms with E-state index in [0.717, 1.165) is 11.1 Å². The van der Waals surface area contributed by atoms with E-state index < -0.39 is 24.3 Å². The van der Waals surface area contributed by atoms with E-state index in [2.05, 4.69) is 18.1 Å². The standard InChI is InChI=1S/C12H12N2O4S/c15-10(6-7-19)13-14(8-11(16)17)12(18)9-4-2-1-3-5-9/h1-7,19H,8H2,(H,13,15)(H,16,17). The van der Waals surface area contributed by atoms with Crippen LogP contribution in [-0.2, 0) is 9.59 Å². The van der Waals surface area contributed by atoms with Crippen molar-refractivity contribution in [1.82, 2.24) is 10.4 Å². The lowest BCUT2D eigenvalue weighted by atomic mass is 10.2. The van der Waals surface area contributed by atoms with Crippen LogP contribution in [0, 0.1) is 0 Å². The summed E-state index contributed by atoms with van der Waals surface area (Å²) >= 11 is 3.71. The van der Waals surface area contributed by atoms with Crippen LogP contribution in [0.5, 0.6) is 0 Å². The van der Waals surface area contributed by atoms with Crippen molar-refractivity contribution in [2.45, 2.75) is 0 Å². The fourth-order valence-corrected chi connectivity index (χ4v) is 1.41. The monoisotopic (exact) mass is 280 g/mol. The number of nitrogens with zero attached hydrogens (tertiary/aromatic N) is 1. The second-order valence-electron chi connectivity index (χ2n) is 3.44. The summed E-state index contributed by atoms with van der Waals surface area (Å²) in [6.07, 6.45) is 1.07. The molecule has 0 aromatic heterocycles. The van der Waals surface area contributed by atoms with Crippen molar-refractivity contribution < 1.29 is 19.5 Å². The van der Waals surface area contributed by atoms with Gasteiger partial charge in [-0.1, -0.05) is 18.2 Å². The van der Waals surface area contributed by atoms with Crippen LogP contribution in [0.2, 0.25) is 0 Å². The number of amides is 2. The first kappa shape index (κ1) is 14.8. The van der Waals surface area contributed by atoms with E-state index in [1.54, 1.807) is 18.2 Å². The molecule has 0 radical (unpaired) electrons. The summed E-state index contributed by atoms with van der Waals surface area (Å²) in [5.41, 5.74) is 2.45. The number of hydrogen-bond acceptors (Lipinski definition) is 4. The number of carbonyl (C=O) groups is 3. The quantitative estimate of drug-likeness (QED) is 0.430. The van der Waals surface area contributed by atoms with Gasteiger partial charge in [-0.2, -0.15) is 12.6 Å². The molecular formula is C12H12N2O4S. The first-order chi connectivity index (χ1) is 9.04. The number of carbonyl (C=O) groups excluding carboxylic acids is 2. The number of hydrogen-bond donors (Lipinski definition) is 3. The third-order valence-electron chi connectivity index (χ3n) is 2.03. The molecule has 2 N–H and O–H groups in total. The zero-order chi connectivity index (χ0) is 14.3. The van der Waals surface area contributed by atoms with Gasteiger partial charge in [0.1, 0.15) is 6.54 Å². The smallest absolute Gasteiger partial charge is 0.325 e. The van der Waals surface area contributed by atoms with Gasteiger partial charge in [-0.3, -0.25) is 19.8 Å². The predicted molar refractivity (Wildman–Crippen MR) is 71.4 cm³/mol. The maximum Gasteiger partial charge on any atom is 0.325 e. The minimum Gasteiger partial charge on any atom is -0.480 e. The first-order valence-corrected chi connectivity index (χ1v) is 5.76. The van der Waals surface area contributed by atoms with Crippen LogP contribution < -0.4 is 5.43 Å². The molecule has 1 rings (SSSR count). The first-order valence-electron chi connectivity index (χ1n) is 5.24. The molecule has 7 heteroatoms. The maximum absolute atomic E-state index is 12.0. The number of rotatable bonds is 4. The second-order valence-corrected chi connectivity index (χ2v) is 3.74. The van der Waals surface area contributed by atoms with E-state index in [-0.39, 0.29) is 5.56 Å². The Morgan fingerprint density at radius 1 is 1.26 bits per heavy atom. The molecule has 100 valence electrons. The van der Waals surface area contributed by atoms with Crippen molar-refractivity contribution in [2.24, 2.45) is 0 Å². The van der Waals surface area contributed by atoms with Gasteiger partial charge in [0, 0.05) is 11.6 Å². The lowest BCUT2D eigenvalue weighted by Crippen LogP contribution is -2.48. The van der Waals surface area contributed by atoms with Crippen LogP contribution in [-0.4, -0.2) is 34.4 Å². The molecule has 0 spiro atoms. The van der Waals surface area contributed by atoms with Crippen molar-refractivity contribution in [3.63, 3.8) is 0 Å². The Bertz CT molecular complexity index is 502.